The van der Waals surface area contributed by atoms with E-state index < -0.39 is 0 Å². The average molecular weight is 218 g/mol. The minimum Gasteiger partial charge on any atom is -0.103 e. The van der Waals surface area contributed by atoms with Gasteiger partial charge in [0.15, 0.2) is 0 Å². The van der Waals surface area contributed by atoms with Crippen LogP contribution in [0.5, 0.6) is 0 Å². The van der Waals surface area contributed by atoms with E-state index in [2.05, 4.69) is 45.6 Å². The van der Waals surface area contributed by atoms with Crippen LogP contribution < -0.4 is 0 Å². The molecule has 0 saturated heterocycles. The molecule has 1 aliphatic carbocycles. The van der Waals surface area contributed by atoms with Crippen LogP contribution in [0.2, 0.25) is 0 Å². The van der Waals surface area contributed by atoms with E-state index in [0.717, 1.165) is 11.8 Å². The minimum absolute atomic E-state index is 0.735. The first kappa shape index (κ1) is 13.3. The normalized spacial score (nSPS) is 22.3. The Labute approximate surface area is 101 Å². The molecule has 1 rings (SSSR count). The highest BCUT2D eigenvalue weighted by Crippen LogP contribution is 2.28. The molecule has 0 aromatic rings. The first-order valence-corrected chi connectivity index (χ1v) is 6.66. The number of allylic oxidation sites excluding steroid dienone is 5. The molecule has 0 fully saturated rings. The Kier molecular flexibility index (Phi) is 5.59. The Hall–Kier alpha value is -0.780. The van der Waals surface area contributed by atoms with E-state index >= 15 is 0 Å². The van der Waals surface area contributed by atoms with Crippen molar-refractivity contribution in [2.75, 3.05) is 0 Å². The summed E-state index contributed by atoms with van der Waals surface area (Å²) < 4.78 is 0. The van der Waals surface area contributed by atoms with Gasteiger partial charge in [-0.05, 0) is 50.0 Å². The van der Waals surface area contributed by atoms with E-state index in [9.17, 15) is 0 Å². The van der Waals surface area contributed by atoms with Gasteiger partial charge in [0.05, 0.1) is 0 Å². The molecule has 0 nitrogen and oxygen atoms in total. The van der Waals surface area contributed by atoms with Crippen molar-refractivity contribution < 1.29 is 0 Å². The Bertz CT molecular complexity index is 280. The molecule has 90 valence electrons. The maximum atomic E-state index is 3.84. The molecule has 0 amide bonds. The molecule has 0 heteroatoms. The number of rotatable bonds is 6. The van der Waals surface area contributed by atoms with Crippen molar-refractivity contribution >= 4 is 0 Å². The monoisotopic (exact) mass is 218 g/mol. The number of hydrogen-bond donors (Lipinski definition) is 0. The fourth-order valence-corrected chi connectivity index (χ4v) is 2.47. The van der Waals surface area contributed by atoms with E-state index in [0.29, 0.717) is 0 Å². The summed E-state index contributed by atoms with van der Waals surface area (Å²) in [5.41, 5.74) is 3.09. The molecule has 2 unspecified atom stereocenters. The van der Waals surface area contributed by atoms with Crippen molar-refractivity contribution in [1.82, 2.24) is 0 Å². The molecule has 0 aliphatic heterocycles. The first-order valence-electron chi connectivity index (χ1n) is 6.66. The van der Waals surface area contributed by atoms with Gasteiger partial charge in [0.25, 0.3) is 0 Å². The standard InChI is InChI=1S/C16H26/c1-5-7-15(6-2)9-11-16-10-8-13(3)12-14(16)4/h5,10,12-13,15H,1,6-9,11H2,2-4H3. The highest BCUT2D eigenvalue weighted by Gasteiger charge is 2.11. The van der Waals surface area contributed by atoms with Crippen molar-refractivity contribution in [2.24, 2.45) is 11.8 Å². The molecule has 0 aromatic carbocycles. The Morgan fingerprint density at radius 3 is 2.88 bits per heavy atom. The minimum atomic E-state index is 0.735. The van der Waals surface area contributed by atoms with E-state index in [4.69, 9.17) is 0 Å². The summed E-state index contributed by atoms with van der Waals surface area (Å²) in [4.78, 5) is 0. The summed E-state index contributed by atoms with van der Waals surface area (Å²) in [6.45, 7) is 10.7. The van der Waals surface area contributed by atoms with E-state index in [1.54, 1.807) is 5.57 Å². The lowest BCUT2D eigenvalue weighted by Crippen LogP contribution is -2.03. The summed E-state index contributed by atoms with van der Waals surface area (Å²) in [6.07, 6.45) is 13.2. The lowest BCUT2D eigenvalue weighted by atomic mass is 9.87. The highest BCUT2D eigenvalue weighted by atomic mass is 14.2. The van der Waals surface area contributed by atoms with E-state index in [1.165, 1.54) is 37.7 Å². The van der Waals surface area contributed by atoms with Gasteiger partial charge in [-0.2, -0.15) is 0 Å². The fourth-order valence-electron chi connectivity index (χ4n) is 2.47. The lowest BCUT2D eigenvalue weighted by Gasteiger charge is -2.19. The largest absolute Gasteiger partial charge is 0.103 e. The molecule has 0 saturated carbocycles. The van der Waals surface area contributed by atoms with E-state index in [-0.39, 0.29) is 0 Å². The Balaban J connectivity index is 2.43. The molecule has 0 heterocycles. The summed E-state index contributed by atoms with van der Waals surface area (Å²) >= 11 is 0. The van der Waals surface area contributed by atoms with Crippen molar-refractivity contribution in [3.63, 3.8) is 0 Å². The number of hydrogen-bond acceptors (Lipinski definition) is 0. The molecule has 0 radical (unpaired) electrons. The lowest BCUT2D eigenvalue weighted by molar-refractivity contribution is 0.475. The molecule has 0 spiro atoms. The van der Waals surface area contributed by atoms with Gasteiger partial charge in [-0.15, -0.1) is 6.58 Å². The van der Waals surface area contributed by atoms with Gasteiger partial charge in [-0.1, -0.05) is 44.1 Å². The zero-order chi connectivity index (χ0) is 12.0. The van der Waals surface area contributed by atoms with Crippen LogP contribution in [0.3, 0.4) is 0 Å². The van der Waals surface area contributed by atoms with Gasteiger partial charge in [-0.25, -0.2) is 0 Å². The van der Waals surface area contributed by atoms with Crippen LogP contribution in [0, 0.1) is 11.8 Å². The van der Waals surface area contributed by atoms with Crippen LogP contribution >= 0.6 is 0 Å². The third kappa shape index (κ3) is 4.00. The fraction of sp³-hybridized carbons (Fsp3) is 0.625. The van der Waals surface area contributed by atoms with Crippen LogP contribution in [0.25, 0.3) is 0 Å². The summed E-state index contributed by atoms with van der Waals surface area (Å²) in [5, 5.41) is 0. The predicted octanol–water partition coefficient (Wildman–Crippen LogP) is 5.28. The van der Waals surface area contributed by atoms with Gasteiger partial charge < -0.3 is 0 Å². The van der Waals surface area contributed by atoms with Gasteiger partial charge in [0.2, 0.25) is 0 Å². The third-order valence-electron chi connectivity index (χ3n) is 3.68. The van der Waals surface area contributed by atoms with Gasteiger partial charge in [0, 0.05) is 0 Å². The van der Waals surface area contributed by atoms with Gasteiger partial charge in [0.1, 0.15) is 0 Å². The molecule has 2 atom stereocenters. The van der Waals surface area contributed by atoms with Gasteiger partial charge >= 0.3 is 0 Å². The summed E-state index contributed by atoms with van der Waals surface area (Å²) in [6, 6.07) is 0. The van der Waals surface area contributed by atoms with Crippen molar-refractivity contribution in [2.45, 2.75) is 52.9 Å². The zero-order valence-corrected chi connectivity index (χ0v) is 11.1. The maximum Gasteiger partial charge on any atom is -0.0221 e. The molecule has 0 aromatic heterocycles. The molecule has 16 heavy (non-hydrogen) atoms. The van der Waals surface area contributed by atoms with Crippen molar-refractivity contribution in [3.05, 3.63) is 36.0 Å². The summed E-state index contributed by atoms with van der Waals surface area (Å²) in [7, 11) is 0. The molecule has 1 aliphatic rings. The van der Waals surface area contributed by atoms with Crippen molar-refractivity contribution in [1.29, 1.82) is 0 Å². The quantitative estimate of drug-likeness (QED) is 0.532. The van der Waals surface area contributed by atoms with Crippen LogP contribution in [0.4, 0.5) is 0 Å². The highest BCUT2D eigenvalue weighted by molar-refractivity contribution is 5.32. The second-order valence-electron chi connectivity index (χ2n) is 5.13. The van der Waals surface area contributed by atoms with Gasteiger partial charge in [-0.3, -0.25) is 0 Å². The molecular formula is C16H26. The second kappa shape index (κ2) is 6.73. The second-order valence-corrected chi connectivity index (χ2v) is 5.13. The smallest absolute Gasteiger partial charge is 0.0221 e. The van der Waals surface area contributed by atoms with Crippen molar-refractivity contribution in [3.8, 4) is 0 Å². The van der Waals surface area contributed by atoms with Crippen LogP contribution in [0.1, 0.15) is 52.9 Å². The molecule has 0 N–H and O–H groups in total. The predicted molar refractivity (Wildman–Crippen MR) is 73.5 cm³/mol. The Morgan fingerprint density at radius 1 is 1.56 bits per heavy atom. The molecular weight excluding hydrogens is 192 g/mol. The van der Waals surface area contributed by atoms with Crippen LogP contribution in [-0.4, -0.2) is 0 Å². The molecule has 0 bridgehead atoms. The topological polar surface area (TPSA) is 0 Å². The van der Waals surface area contributed by atoms with E-state index in [1.807, 2.05) is 0 Å². The first-order chi connectivity index (χ1) is 7.67. The van der Waals surface area contributed by atoms with Crippen LogP contribution in [-0.2, 0) is 0 Å². The zero-order valence-electron chi connectivity index (χ0n) is 11.1. The average Bonchev–Trinajstić information content (AvgIpc) is 2.26. The maximum absolute atomic E-state index is 3.84. The Morgan fingerprint density at radius 2 is 2.31 bits per heavy atom. The van der Waals surface area contributed by atoms with Crippen LogP contribution in [0.15, 0.2) is 36.0 Å². The summed E-state index contributed by atoms with van der Waals surface area (Å²) in [5.74, 6) is 1.56. The third-order valence-corrected chi connectivity index (χ3v) is 3.68. The SMILES string of the molecule is C=CCC(CC)CCC1=CCC(C)C=C1C.